The third-order valence-electron chi connectivity index (χ3n) is 6.43. The number of fused-ring (bicyclic) bond motifs is 1. The van der Waals surface area contributed by atoms with E-state index in [4.69, 9.17) is 14.6 Å². The monoisotopic (exact) mass is 500 g/mol. The summed E-state index contributed by atoms with van der Waals surface area (Å²) < 4.78 is 13.0. The second kappa shape index (κ2) is 9.86. The van der Waals surface area contributed by atoms with Crippen molar-refractivity contribution in [1.82, 2.24) is 14.6 Å². The van der Waals surface area contributed by atoms with Crippen LogP contribution in [0.4, 0.5) is 5.69 Å². The molecule has 2 aromatic heterocycles. The van der Waals surface area contributed by atoms with Gasteiger partial charge in [-0.05, 0) is 75.4 Å². The fourth-order valence-corrected chi connectivity index (χ4v) is 4.23. The van der Waals surface area contributed by atoms with Gasteiger partial charge in [0.2, 0.25) is 5.88 Å². The molecule has 0 spiro atoms. The lowest BCUT2D eigenvalue weighted by atomic mass is 9.98. The van der Waals surface area contributed by atoms with Crippen molar-refractivity contribution < 1.29 is 19.4 Å². The molecular weight excluding hydrogens is 468 g/mol. The van der Waals surface area contributed by atoms with Crippen molar-refractivity contribution in [3.05, 3.63) is 65.9 Å². The fraction of sp³-hybridized carbons (Fsp3) is 0.345. The van der Waals surface area contributed by atoms with Crippen LogP contribution in [0.2, 0.25) is 0 Å². The first-order valence-corrected chi connectivity index (χ1v) is 12.5. The van der Waals surface area contributed by atoms with Gasteiger partial charge in [-0.2, -0.15) is 0 Å². The number of benzene rings is 2. The topological polar surface area (TPSA) is 98.0 Å². The van der Waals surface area contributed by atoms with E-state index in [0.29, 0.717) is 41.8 Å². The van der Waals surface area contributed by atoms with Crippen LogP contribution in [0.5, 0.6) is 17.4 Å². The summed E-state index contributed by atoms with van der Waals surface area (Å²) in [6.07, 6.45) is 4.69. The number of rotatable bonds is 10. The van der Waals surface area contributed by atoms with E-state index in [9.17, 15) is 9.90 Å². The van der Waals surface area contributed by atoms with E-state index in [1.165, 1.54) is 0 Å². The Morgan fingerprint density at radius 1 is 1.14 bits per heavy atom. The Balaban J connectivity index is 1.52. The van der Waals surface area contributed by atoms with Crippen LogP contribution in [0.15, 0.2) is 54.7 Å². The fourth-order valence-electron chi connectivity index (χ4n) is 4.23. The minimum atomic E-state index is -0.924. The lowest BCUT2D eigenvalue weighted by Crippen LogP contribution is -2.29. The second-order valence-corrected chi connectivity index (χ2v) is 10.3. The maximum Gasteiger partial charge on any atom is 0.239 e. The van der Waals surface area contributed by atoms with Gasteiger partial charge < -0.3 is 19.9 Å². The zero-order valence-electron chi connectivity index (χ0n) is 21.6. The summed E-state index contributed by atoms with van der Waals surface area (Å²) in [4.78, 5) is 17.3. The third-order valence-corrected chi connectivity index (χ3v) is 6.43. The number of hydrogen-bond acceptors (Lipinski definition) is 7. The molecule has 1 saturated carbocycles. The maximum atomic E-state index is 12.7. The van der Waals surface area contributed by atoms with Crippen molar-refractivity contribution in [1.29, 1.82) is 0 Å². The van der Waals surface area contributed by atoms with Crippen LogP contribution < -0.4 is 14.8 Å². The van der Waals surface area contributed by atoms with Gasteiger partial charge in [0.15, 0.2) is 11.4 Å². The molecule has 0 aliphatic heterocycles. The number of nitrogens with one attached hydrogen (secondary N) is 1. The Bertz CT molecular complexity index is 1430. The molecule has 1 fully saturated rings. The molecule has 2 N–H and O–H groups in total. The third kappa shape index (κ3) is 5.75. The SMILES string of the molecule is COc1ccc(Oc2cc(NCC(C)(C)O)c3ncc(-c4ccc(C(=O)CC5CC5)c(C)c4)n3n2)cc1. The molecule has 8 nitrogen and oxygen atoms in total. The molecular formula is C29H32N4O4. The molecule has 1 aliphatic carbocycles. The van der Waals surface area contributed by atoms with Gasteiger partial charge in [0.05, 0.1) is 30.3 Å². The van der Waals surface area contributed by atoms with E-state index in [1.807, 2.05) is 49.4 Å². The molecule has 0 radical (unpaired) electrons. The van der Waals surface area contributed by atoms with Crippen LogP contribution >= 0.6 is 0 Å². The van der Waals surface area contributed by atoms with Crippen molar-refractivity contribution >= 4 is 17.1 Å². The summed E-state index contributed by atoms with van der Waals surface area (Å²) in [5, 5.41) is 18.3. The van der Waals surface area contributed by atoms with E-state index in [0.717, 1.165) is 41.0 Å². The highest BCUT2D eigenvalue weighted by Crippen LogP contribution is 2.35. The second-order valence-electron chi connectivity index (χ2n) is 10.3. The number of carbonyl (C=O) groups is 1. The summed E-state index contributed by atoms with van der Waals surface area (Å²) in [5.74, 6) is 2.46. The normalized spacial score (nSPS) is 13.5. The van der Waals surface area contributed by atoms with Gasteiger partial charge in [-0.25, -0.2) is 9.50 Å². The van der Waals surface area contributed by atoms with Gasteiger partial charge in [0, 0.05) is 30.2 Å². The van der Waals surface area contributed by atoms with E-state index in [2.05, 4.69) is 10.3 Å². The molecule has 2 aromatic carbocycles. The quantitative estimate of drug-likeness (QED) is 0.271. The molecule has 0 bridgehead atoms. The van der Waals surface area contributed by atoms with Crippen LogP contribution in [-0.4, -0.2) is 44.7 Å². The van der Waals surface area contributed by atoms with Crippen molar-refractivity contribution in [3.8, 4) is 28.6 Å². The molecule has 0 saturated heterocycles. The number of aryl methyl sites for hydroxylation is 1. The highest BCUT2D eigenvalue weighted by molar-refractivity contribution is 5.98. The minimum Gasteiger partial charge on any atom is -0.497 e. The standard InChI is InChI=1S/C29H32N4O4/c1-18-13-20(7-12-23(18)26(34)14-19-5-6-19)25-16-30-28-24(31-17-29(2,3)35)15-27(32-33(25)28)37-22-10-8-21(36-4)9-11-22/h7-13,15-16,19,31,35H,5-6,14,17H2,1-4H3. The Kier molecular flexibility index (Phi) is 6.60. The molecule has 8 heteroatoms. The number of nitrogens with zero attached hydrogens (tertiary/aromatic N) is 3. The van der Waals surface area contributed by atoms with Gasteiger partial charge in [-0.15, -0.1) is 5.10 Å². The molecule has 0 unspecified atom stereocenters. The molecule has 0 amide bonds. The van der Waals surface area contributed by atoms with Crippen LogP contribution in [0, 0.1) is 12.8 Å². The van der Waals surface area contributed by atoms with E-state index < -0.39 is 5.60 Å². The summed E-state index contributed by atoms with van der Waals surface area (Å²) in [6, 6.07) is 14.9. The highest BCUT2D eigenvalue weighted by atomic mass is 16.5. The molecule has 5 rings (SSSR count). The first-order valence-electron chi connectivity index (χ1n) is 12.5. The largest absolute Gasteiger partial charge is 0.497 e. The number of ether oxygens (including phenoxy) is 2. The number of Topliss-reactive ketones (excluding diaryl/α,β-unsaturated/α-hetero) is 1. The first kappa shape index (κ1) is 24.8. The van der Waals surface area contributed by atoms with Crippen LogP contribution in [-0.2, 0) is 0 Å². The average Bonchev–Trinajstić information content (AvgIpc) is 3.57. The van der Waals surface area contributed by atoms with Crippen molar-refractivity contribution in [2.45, 2.75) is 45.6 Å². The number of aromatic nitrogens is 3. The van der Waals surface area contributed by atoms with Crippen LogP contribution in [0.25, 0.3) is 16.9 Å². The van der Waals surface area contributed by atoms with Crippen molar-refractivity contribution in [2.24, 2.45) is 5.92 Å². The zero-order chi connectivity index (χ0) is 26.2. The number of anilines is 1. The van der Waals surface area contributed by atoms with Crippen LogP contribution in [0.1, 0.15) is 49.0 Å². The number of carbonyl (C=O) groups excluding carboxylic acids is 1. The molecule has 4 aromatic rings. The number of aliphatic hydroxyl groups is 1. The molecule has 37 heavy (non-hydrogen) atoms. The van der Waals surface area contributed by atoms with Crippen molar-refractivity contribution in [3.63, 3.8) is 0 Å². The minimum absolute atomic E-state index is 0.205. The zero-order valence-corrected chi connectivity index (χ0v) is 21.6. The summed E-state index contributed by atoms with van der Waals surface area (Å²) >= 11 is 0. The van der Waals surface area contributed by atoms with Gasteiger partial charge in [-0.1, -0.05) is 12.1 Å². The Morgan fingerprint density at radius 2 is 1.86 bits per heavy atom. The molecule has 0 atom stereocenters. The van der Waals surface area contributed by atoms with Crippen LogP contribution in [0.3, 0.4) is 0 Å². The summed E-state index contributed by atoms with van der Waals surface area (Å²) in [5.41, 5.74) is 3.73. The van der Waals surface area contributed by atoms with Gasteiger partial charge >= 0.3 is 0 Å². The molecule has 192 valence electrons. The molecule has 1 aliphatic rings. The van der Waals surface area contributed by atoms with E-state index in [1.54, 1.807) is 37.7 Å². The predicted molar refractivity (Wildman–Crippen MR) is 143 cm³/mol. The lowest BCUT2D eigenvalue weighted by Gasteiger charge is -2.19. The number of ketones is 1. The lowest BCUT2D eigenvalue weighted by molar-refractivity contribution is 0.0943. The van der Waals surface area contributed by atoms with E-state index in [-0.39, 0.29) is 5.78 Å². The highest BCUT2D eigenvalue weighted by Gasteiger charge is 2.26. The first-order chi connectivity index (χ1) is 17.7. The summed E-state index contributed by atoms with van der Waals surface area (Å²) in [7, 11) is 1.61. The molecule has 2 heterocycles. The Morgan fingerprint density at radius 3 is 2.51 bits per heavy atom. The van der Waals surface area contributed by atoms with Gasteiger partial charge in [0.1, 0.15) is 11.5 Å². The average molecular weight is 501 g/mol. The van der Waals surface area contributed by atoms with Crippen molar-refractivity contribution in [2.75, 3.05) is 19.0 Å². The number of hydrogen-bond donors (Lipinski definition) is 2. The Hall–Kier alpha value is -3.91. The maximum absolute atomic E-state index is 12.7. The van der Waals surface area contributed by atoms with E-state index >= 15 is 0 Å². The predicted octanol–water partition coefficient (Wildman–Crippen LogP) is 5.67. The smallest absolute Gasteiger partial charge is 0.239 e. The summed E-state index contributed by atoms with van der Waals surface area (Å²) in [6.45, 7) is 5.75. The Labute approximate surface area is 216 Å². The van der Waals surface area contributed by atoms with Gasteiger partial charge in [-0.3, -0.25) is 4.79 Å². The van der Waals surface area contributed by atoms with Gasteiger partial charge in [0.25, 0.3) is 0 Å². The number of imidazole rings is 1. The number of methoxy groups -OCH3 is 1.